The van der Waals surface area contributed by atoms with E-state index in [-0.39, 0.29) is 1.43 Å². The van der Waals surface area contributed by atoms with Gasteiger partial charge >= 0.3 is 0 Å². The Morgan fingerprint density at radius 2 is 1.74 bits per heavy atom. The van der Waals surface area contributed by atoms with E-state index in [1.807, 2.05) is 30.3 Å². The summed E-state index contributed by atoms with van der Waals surface area (Å²) in [5, 5.41) is 7.95. The third-order valence-corrected chi connectivity index (χ3v) is 6.22. The van der Waals surface area contributed by atoms with Gasteiger partial charge in [0.2, 0.25) is 5.95 Å². The first-order valence-electron chi connectivity index (χ1n) is 11.2. The number of aromatic nitrogens is 3. The zero-order valence-electron chi connectivity index (χ0n) is 18.1. The Balaban J connectivity index is 0.00000245. The molecule has 31 heavy (non-hydrogen) atoms. The van der Waals surface area contributed by atoms with Gasteiger partial charge in [-0.3, -0.25) is 4.90 Å². The molecule has 5 rings (SSSR count). The zero-order valence-corrected chi connectivity index (χ0v) is 18.1. The second-order valence-electron chi connectivity index (χ2n) is 8.40. The summed E-state index contributed by atoms with van der Waals surface area (Å²) in [6.07, 6.45) is 4.08. The fourth-order valence-electron chi connectivity index (χ4n) is 4.57. The van der Waals surface area contributed by atoms with Crippen molar-refractivity contribution in [3.8, 4) is 5.69 Å². The smallest absolute Gasteiger partial charge is 0.246 e. The van der Waals surface area contributed by atoms with Crippen LogP contribution in [0.4, 0.5) is 17.3 Å². The number of hydrogen-bond acceptors (Lipinski definition) is 6. The highest BCUT2D eigenvalue weighted by atomic mass is 16.5. The molecule has 7 nitrogen and oxygen atoms in total. The number of nitrogens with zero attached hydrogens (tertiary/aromatic N) is 5. The summed E-state index contributed by atoms with van der Waals surface area (Å²) in [6.45, 7) is 8.30. The van der Waals surface area contributed by atoms with Gasteiger partial charge in [-0.15, -0.1) is 5.10 Å². The summed E-state index contributed by atoms with van der Waals surface area (Å²) >= 11 is 0. The molecule has 0 aliphatic carbocycles. The number of ether oxygens (including phenoxy) is 1. The van der Waals surface area contributed by atoms with E-state index >= 15 is 0 Å². The van der Waals surface area contributed by atoms with Gasteiger partial charge in [0, 0.05) is 58.2 Å². The van der Waals surface area contributed by atoms with Crippen molar-refractivity contribution in [2.75, 3.05) is 49.6 Å². The van der Waals surface area contributed by atoms with Crippen molar-refractivity contribution in [3.63, 3.8) is 0 Å². The lowest BCUT2D eigenvalue weighted by Crippen LogP contribution is -2.51. The molecule has 0 saturated carbocycles. The monoisotopic (exact) mass is 420 g/mol. The lowest BCUT2D eigenvalue weighted by atomic mass is 10.1. The summed E-state index contributed by atoms with van der Waals surface area (Å²) in [7, 11) is 0. The Morgan fingerprint density at radius 1 is 0.968 bits per heavy atom. The van der Waals surface area contributed by atoms with Crippen LogP contribution in [0.25, 0.3) is 5.69 Å². The number of piperazine rings is 1. The largest absolute Gasteiger partial charge is 0.381 e. The number of anilines is 3. The molecule has 2 aliphatic heterocycles. The van der Waals surface area contributed by atoms with Gasteiger partial charge in [0.15, 0.2) is 0 Å². The van der Waals surface area contributed by atoms with E-state index in [0.717, 1.165) is 50.8 Å². The molecule has 0 unspecified atom stereocenters. The summed E-state index contributed by atoms with van der Waals surface area (Å²) in [4.78, 5) is 9.57. The highest BCUT2D eigenvalue weighted by Crippen LogP contribution is 2.26. The molecule has 3 aromatic rings. The first kappa shape index (κ1) is 20.0. The predicted molar refractivity (Wildman–Crippen MR) is 126 cm³/mol. The second-order valence-corrected chi connectivity index (χ2v) is 8.40. The molecule has 2 saturated heterocycles. The number of benzene rings is 2. The first-order valence-corrected chi connectivity index (χ1v) is 11.2. The lowest BCUT2D eigenvalue weighted by Gasteiger charge is -2.41. The van der Waals surface area contributed by atoms with Gasteiger partial charge in [-0.25, -0.2) is 4.68 Å². The molecule has 2 aromatic carbocycles. The summed E-state index contributed by atoms with van der Waals surface area (Å²) in [6, 6.07) is 17.3. The minimum atomic E-state index is 0. The van der Waals surface area contributed by atoms with E-state index in [1.54, 1.807) is 11.0 Å². The number of rotatable bonds is 5. The van der Waals surface area contributed by atoms with Crippen LogP contribution in [-0.2, 0) is 4.74 Å². The summed E-state index contributed by atoms with van der Waals surface area (Å²) in [5.74, 6) is 0.602. The maximum atomic E-state index is 5.53. The maximum Gasteiger partial charge on any atom is 0.246 e. The quantitative estimate of drug-likeness (QED) is 0.676. The van der Waals surface area contributed by atoms with E-state index in [1.165, 1.54) is 24.1 Å². The Labute approximate surface area is 185 Å². The molecule has 0 atom stereocenters. The molecule has 0 amide bonds. The third kappa shape index (κ3) is 4.73. The molecule has 3 heterocycles. The lowest BCUT2D eigenvalue weighted by molar-refractivity contribution is 0.0321. The molecule has 1 N–H and O–H groups in total. The van der Waals surface area contributed by atoms with Crippen LogP contribution in [0.15, 0.2) is 54.9 Å². The number of nitrogens with one attached hydrogen (secondary N) is 1. The third-order valence-electron chi connectivity index (χ3n) is 6.22. The standard InChI is InChI=1S/C24H30N6O.H2/c1-19-15-20(26-24-25-18-30(27-24)22-5-3-2-4-6-22)17-23(16-19)29-11-9-28(10-12-29)21-7-13-31-14-8-21;/h2-6,15-18,21H,7-14H2,1H3,(H,26,27);1H. The SMILES string of the molecule is Cc1cc(Nc2ncn(-c3ccccc3)n2)cc(N2CCN(C3CCOCC3)CC2)c1.[HH]. The molecule has 0 radical (unpaired) electrons. The van der Waals surface area contributed by atoms with Crippen molar-refractivity contribution in [2.24, 2.45) is 0 Å². The molecule has 7 heteroatoms. The van der Waals surface area contributed by atoms with Crippen molar-refractivity contribution in [1.29, 1.82) is 0 Å². The second kappa shape index (κ2) is 9.08. The number of aryl methyl sites for hydroxylation is 1. The molecule has 1 aromatic heterocycles. The van der Waals surface area contributed by atoms with Crippen LogP contribution in [0.3, 0.4) is 0 Å². The van der Waals surface area contributed by atoms with E-state index in [9.17, 15) is 0 Å². The van der Waals surface area contributed by atoms with Crippen molar-refractivity contribution >= 4 is 17.3 Å². The van der Waals surface area contributed by atoms with Crippen LogP contribution < -0.4 is 10.2 Å². The fraction of sp³-hybridized carbons (Fsp3) is 0.417. The summed E-state index contributed by atoms with van der Waals surface area (Å²) < 4.78 is 7.31. The van der Waals surface area contributed by atoms with Gasteiger partial charge in [0.1, 0.15) is 6.33 Å². The van der Waals surface area contributed by atoms with Gasteiger partial charge in [-0.1, -0.05) is 18.2 Å². The Bertz CT molecular complexity index is 997. The highest BCUT2D eigenvalue weighted by molar-refractivity contribution is 5.64. The molecule has 2 aliphatic rings. The molecule has 0 spiro atoms. The first-order chi connectivity index (χ1) is 15.2. The number of hydrogen-bond donors (Lipinski definition) is 1. The van der Waals surface area contributed by atoms with Gasteiger partial charge in [-0.2, -0.15) is 4.98 Å². The van der Waals surface area contributed by atoms with E-state index < -0.39 is 0 Å². The van der Waals surface area contributed by atoms with Crippen LogP contribution in [0.2, 0.25) is 0 Å². The van der Waals surface area contributed by atoms with Gasteiger partial charge in [-0.05, 0) is 55.7 Å². The molecular formula is C24H32N6O. The van der Waals surface area contributed by atoms with Crippen LogP contribution in [0.5, 0.6) is 0 Å². The minimum absolute atomic E-state index is 0. The topological polar surface area (TPSA) is 58.5 Å². The Kier molecular flexibility index (Phi) is 5.86. The van der Waals surface area contributed by atoms with Crippen molar-refractivity contribution in [2.45, 2.75) is 25.8 Å². The number of para-hydroxylation sites is 1. The maximum absolute atomic E-state index is 5.53. The molecule has 0 bridgehead atoms. The van der Waals surface area contributed by atoms with Crippen molar-refractivity contribution in [3.05, 3.63) is 60.4 Å². The summed E-state index contributed by atoms with van der Waals surface area (Å²) in [5.41, 5.74) is 4.51. The average Bonchev–Trinajstić information content (AvgIpc) is 3.28. The fourth-order valence-corrected chi connectivity index (χ4v) is 4.57. The highest BCUT2D eigenvalue weighted by Gasteiger charge is 2.25. The van der Waals surface area contributed by atoms with Crippen LogP contribution in [0, 0.1) is 6.92 Å². The zero-order chi connectivity index (χ0) is 21.0. The molecule has 2 fully saturated rings. The predicted octanol–water partition coefficient (Wildman–Crippen LogP) is 3.87. The van der Waals surface area contributed by atoms with Crippen LogP contribution >= 0.6 is 0 Å². The van der Waals surface area contributed by atoms with E-state index in [0.29, 0.717) is 12.0 Å². The van der Waals surface area contributed by atoms with Gasteiger partial charge in [0.25, 0.3) is 0 Å². The van der Waals surface area contributed by atoms with E-state index in [4.69, 9.17) is 4.74 Å². The average molecular weight is 421 g/mol. The van der Waals surface area contributed by atoms with Gasteiger partial charge < -0.3 is 15.0 Å². The van der Waals surface area contributed by atoms with Crippen LogP contribution in [0.1, 0.15) is 19.8 Å². The molecular weight excluding hydrogens is 388 g/mol. The van der Waals surface area contributed by atoms with Crippen molar-refractivity contribution < 1.29 is 6.16 Å². The van der Waals surface area contributed by atoms with Crippen LogP contribution in [-0.4, -0.2) is 65.1 Å². The Morgan fingerprint density at radius 3 is 2.52 bits per heavy atom. The normalized spacial score (nSPS) is 18.3. The van der Waals surface area contributed by atoms with Gasteiger partial charge in [0.05, 0.1) is 5.69 Å². The Hall–Kier alpha value is -2.90. The molecule has 164 valence electrons. The minimum Gasteiger partial charge on any atom is -0.381 e. The van der Waals surface area contributed by atoms with E-state index in [2.05, 4.69) is 50.3 Å². The van der Waals surface area contributed by atoms with Crippen molar-refractivity contribution in [1.82, 2.24) is 19.7 Å².